The van der Waals surface area contributed by atoms with Gasteiger partial charge in [-0.3, -0.25) is 0 Å². The fraction of sp³-hybridized carbons (Fsp3) is 0.909. The Hall–Kier alpha value is -0.700. The van der Waals surface area contributed by atoms with Gasteiger partial charge in [0.25, 0.3) is 10.2 Å². The number of rotatable bonds is 6. The molecule has 7 nitrogen and oxygen atoms in total. The molecule has 0 spiro atoms. The van der Waals surface area contributed by atoms with Crippen LogP contribution in [0.2, 0.25) is 0 Å². The number of methoxy groups -OCH3 is 1. The number of hydrogen-bond acceptors (Lipinski definition) is 4. The molecule has 1 fully saturated rings. The molecule has 0 bridgehead atoms. The number of carbonyl (C=O) groups is 1. The van der Waals surface area contributed by atoms with Crippen LogP contribution in [0.4, 0.5) is 0 Å². The molecule has 0 radical (unpaired) electrons. The Kier molecular flexibility index (Phi) is 5.72. The maximum absolute atomic E-state index is 12.1. The summed E-state index contributed by atoms with van der Waals surface area (Å²) in [6.07, 6.45) is -0.170. The zero-order valence-electron chi connectivity index (χ0n) is 11.5. The molecule has 2 N–H and O–H groups in total. The maximum Gasteiger partial charge on any atom is 0.334 e. The van der Waals surface area contributed by atoms with Gasteiger partial charge < -0.3 is 9.84 Å². The number of ether oxygens (including phenoxy) is 1. The van der Waals surface area contributed by atoms with Crippen molar-refractivity contribution in [3.63, 3.8) is 0 Å². The smallest absolute Gasteiger partial charge is 0.334 e. The first kappa shape index (κ1) is 16.4. The zero-order valence-corrected chi connectivity index (χ0v) is 12.3. The van der Waals surface area contributed by atoms with Gasteiger partial charge in [-0.2, -0.15) is 17.4 Å². The van der Waals surface area contributed by atoms with Crippen LogP contribution in [0.25, 0.3) is 0 Å². The van der Waals surface area contributed by atoms with E-state index in [2.05, 4.69) is 4.72 Å². The van der Waals surface area contributed by atoms with Gasteiger partial charge in [0.1, 0.15) is 0 Å². The van der Waals surface area contributed by atoms with Crippen LogP contribution in [0, 0.1) is 11.8 Å². The lowest BCUT2D eigenvalue weighted by molar-refractivity contribution is -0.147. The lowest BCUT2D eigenvalue weighted by Gasteiger charge is -2.34. The fourth-order valence-corrected chi connectivity index (χ4v) is 3.79. The van der Waals surface area contributed by atoms with Gasteiger partial charge in [-0.05, 0) is 18.3 Å². The highest BCUT2D eigenvalue weighted by Gasteiger charge is 2.31. The van der Waals surface area contributed by atoms with E-state index in [1.165, 1.54) is 11.4 Å². The number of hydrogen-bond donors (Lipinski definition) is 2. The number of aliphatic carboxylic acids is 1. The highest BCUT2D eigenvalue weighted by atomic mass is 32.2. The van der Waals surface area contributed by atoms with Crippen LogP contribution < -0.4 is 4.72 Å². The SMILES string of the molecule is COC(CNS(=O)(=O)N1CC(C)CC(C)C1)C(=O)O. The van der Waals surface area contributed by atoms with Gasteiger partial charge in [-0.25, -0.2) is 4.79 Å². The normalized spacial score (nSPS) is 27.1. The molecule has 112 valence electrons. The van der Waals surface area contributed by atoms with Gasteiger partial charge in [0, 0.05) is 26.7 Å². The zero-order chi connectivity index (χ0) is 14.6. The average molecular weight is 294 g/mol. The third-order valence-corrected chi connectivity index (χ3v) is 4.70. The first-order valence-corrected chi connectivity index (χ1v) is 7.70. The predicted molar refractivity (Wildman–Crippen MR) is 69.9 cm³/mol. The topological polar surface area (TPSA) is 95.9 Å². The summed E-state index contributed by atoms with van der Waals surface area (Å²) in [7, 11) is -2.41. The van der Waals surface area contributed by atoms with Crippen molar-refractivity contribution >= 4 is 16.2 Å². The van der Waals surface area contributed by atoms with Crippen molar-refractivity contribution in [2.45, 2.75) is 26.4 Å². The summed E-state index contributed by atoms with van der Waals surface area (Å²) >= 11 is 0. The van der Waals surface area contributed by atoms with Crippen LogP contribution >= 0.6 is 0 Å². The van der Waals surface area contributed by atoms with Crippen molar-refractivity contribution in [1.29, 1.82) is 0 Å². The van der Waals surface area contributed by atoms with Crippen molar-refractivity contribution in [3.8, 4) is 0 Å². The van der Waals surface area contributed by atoms with Crippen molar-refractivity contribution in [2.24, 2.45) is 11.8 Å². The summed E-state index contributed by atoms with van der Waals surface area (Å²) < 4.78 is 32.5. The molecule has 3 atom stereocenters. The second kappa shape index (κ2) is 6.65. The van der Waals surface area contributed by atoms with E-state index < -0.39 is 22.3 Å². The van der Waals surface area contributed by atoms with Gasteiger partial charge >= 0.3 is 5.97 Å². The third-order valence-electron chi connectivity index (χ3n) is 3.19. The number of carboxylic acid groups (broad SMARTS) is 1. The van der Waals surface area contributed by atoms with Crippen molar-refractivity contribution in [2.75, 3.05) is 26.7 Å². The molecule has 0 amide bonds. The minimum absolute atomic E-state index is 0.270. The first-order valence-electron chi connectivity index (χ1n) is 6.26. The summed E-state index contributed by atoms with van der Waals surface area (Å²) in [5.74, 6) is -0.582. The Labute approximate surface area is 114 Å². The van der Waals surface area contributed by atoms with E-state index in [9.17, 15) is 13.2 Å². The Bertz CT molecular complexity index is 401. The largest absolute Gasteiger partial charge is 0.479 e. The summed E-state index contributed by atoms with van der Waals surface area (Å²) in [5, 5.41) is 8.79. The molecule has 1 aliphatic rings. The summed E-state index contributed by atoms with van der Waals surface area (Å²) in [5.41, 5.74) is 0. The molecule has 1 aliphatic heterocycles. The summed E-state index contributed by atoms with van der Waals surface area (Å²) in [6, 6.07) is 0. The molecule has 3 unspecified atom stereocenters. The number of nitrogens with one attached hydrogen (secondary N) is 1. The summed E-state index contributed by atoms with van der Waals surface area (Å²) in [6.45, 7) is 4.67. The standard InChI is InChI=1S/C11H22N2O5S/c1-8-4-9(2)7-13(6-8)19(16,17)12-5-10(18-3)11(14)15/h8-10,12H,4-7H2,1-3H3,(H,14,15). The lowest BCUT2D eigenvalue weighted by Crippen LogP contribution is -2.50. The van der Waals surface area contributed by atoms with Crippen molar-refractivity contribution in [1.82, 2.24) is 9.03 Å². The van der Waals surface area contributed by atoms with Gasteiger partial charge in [0.2, 0.25) is 0 Å². The van der Waals surface area contributed by atoms with Crippen LogP contribution in [-0.2, 0) is 19.7 Å². The van der Waals surface area contributed by atoms with Gasteiger partial charge in [0.15, 0.2) is 6.10 Å². The van der Waals surface area contributed by atoms with Gasteiger partial charge in [-0.1, -0.05) is 13.8 Å². The van der Waals surface area contributed by atoms with Gasteiger partial charge in [0.05, 0.1) is 0 Å². The third kappa shape index (κ3) is 4.72. The molecule has 1 saturated heterocycles. The van der Waals surface area contributed by atoms with E-state index in [1.807, 2.05) is 13.8 Å². The molecule has 0 aromatic carbocycles. The van der Waals surface area contributed by atoms with E-state index in [4.69, 9.17) is 9.84 Å². The van der Waals surface area contributed by atoms with E-state index in [-0.39, 0.29) is 6.54 Å². The molecule has 0 saturated carbocycles. The molecular weight excluding hydrogens is 272 g/mol. The van der Waals surface area contributed by atoms with E-state index in [0.29, 0.717) is 24.9 Å². The van der Waals surface area contributed by atoms with Crippen LogP contribution in [0.3, 0.4) is 0 Å². The predicted octanol–water partition coefficient (Wildman–Crippen LogP) is -0.102. The van der Waals surface area contributed by atoms with Crippen molar-refractivity contribution < 1.29 is 23.1 Å². The Morgan fingerprint density at radius 1 is 1.42 bits per heavy atom. The maximum atomic E-state index is 12.1. The molecule has 0 aromatic rings. The van der Waals surface area contributed by atoms with Crippen LogP contribution in [0.5, 0.6) is 0 Å². The minimum atomic E-state index is -3.65. The molecule has 0 aliphatic carbocycles. The highest BCUT2D eigenvalue weighted by molar-refractivity contribution is 7.87. The molecule has 1 rings (SSSR count). The Balaban J connectivity index is 2.62. The quantitative estimate of drug-likeness (QED) is 0.713. The van der Waals surface area contributed by atoms with E-state index in [1.54, 1.807) is 0 Å². The Morgan fingerprint density at radius 2 is 1.95 bits per heavy atom. The van der Waals surface area contributed by atoms with Crippen LogP contribution in [0.1, 0.15) is 20.3 Å². The van der Waals surface area contributed by atoms with E-state index >= 15 is 0 Å². The molecule has 19 heavy (non-hydrogen) atoms. The summed E-state index contributed by atoms with van der Waals surface area (Å²) in [4.78, 5) is 10.8. The van der Waals surface area contributed by atoms with Crippen molar-refractivity contribution in [3.05, 3.63) is 0 Å². The number of piperidine rings is 1. The monoisotopic (exact) mass is 294 g/mol. The second-order valence-electron chi connectivity index (χ2n) is 5.18. The second-order valence-corrected chi connectivity index (χ2v) is 6.93. The van der Waals surface area contributed by atoms with E-state index in [0.717, 1.165) is 6.42 Å². The van der Waals surface area contributed by atoms with Crippen LogP contribution in [0.15, 0.2) is 0 Å². The van der Waals surface area contributed by atoms with Crippen LogP contribution in [-0.4, -0.2) is 56.6 Å². The molecular formula is C11H22N2O5S. The first-order chi connectivity index (χ1) is 8.76. The van der Waals surface area contributed by atoms with Gasteiger partial charge in [-0.15, -0.1) is 0 Å². The Morgan fingerprint density at radius 3 is 2.37 bits per heavy atom. The molecule has 0 aromatic heterocycles. The minimum Gasteiger partial charge on any atom is -0.479 e. The highest BCUT2D eigenvalue weighted by Crippen LogP contribution is 2.22. The molecule has 1 heterocycles. The lowest BCUT2D eigenvalue weighted by atomic mass is 9.94. The fourth-order valence-electron chi connectivity index (χ4n) is 2.35. The number of nitrogens with zero attached hydrogens (tertiary/aromatic N) is 1. The molecule has 8 heteroatoms. The average Bonchev–Trinajstić information content (AvgIpc) is 2.27. The number of carboxylic acids is 1.